The summed E-state index contributed by atoms with van der Waals surface area (Å²) in [5, 5.41) is 4.74. The molecule has 4 aliphatic rings. The highest BCUT2D eigenvalue weighted by molar-refractivity contribution is 7.10. The number of carbonyl (C=O) groups is 2. The Kier molecular flexibility index (Phi) is 6.36. The number of aromatic nitrogens is 2. The number of carbonyl (C=O) groups excluding carboxylic acids is 2. The predicted molar refractivity (Wildman–Crippen MR) is 167 cm³/mol. The van der Waals surface area contributed by atoms with Crippen LogP contribution in [-0.4, -0.2) is 61.7 Å². The molecule has 2 aliphatic heterocycles. The number of nitrogens with zero attached hydrogens (tertiary/aromatic N) is 4. The summed E-state index contributed by atoms with van der Waals surface area (Å²) in [5.41, 5.74) is 8.91. The zero-order valence-electron chi connectivity index (χ0n) is 24.0. The quantitative estimate of drug-likeness (QED) is 0.324. The molecule has 10 heteroatoms. The summed E-state index contributed by atoms with van der Waals surface area (Å²) in [6, 6.07) is 9.63. The first-order chi connectivity index (χ1) is 20.9. The molecular weight excluding hydrogens is 578 g/mol. The number of halogens is 1. The molecule has 2 saturated carbocycles. The van der Waals surface area contributed by atoms with Crippen LogP contribution in [0, 0.1) is 11.3 Å². The van der Waals surface area contributed by atoms with Crippen LogP contribution in [0.15, 0.2) is 48.1 Å². The molecule has 1 atom stereocenters. The maximum absolute atomic E-state index is 15.6. The number of pyridine rings is 1. The lowest BCUT2D eigenvalue weighted by Crippen LogP contribution is -2.44. The van der Waals surface area contributed by atoms with Crippen LogP contribution in [0.5, 0.6) is 0 Å². The van der Waals surface area contributed by atoms with Crippen molar-refractivity contribution >= 4 is 43.4 Å². The minimum absolute atomic E-state index is 0.0824. The van der Waals surface area contributed by atoms with Gasteiger partial charge in [0, 0.05) is 69.7 Å². The van der Waals surface area contributed by atoms with Crippen molar-refractivity contribution in [3.8, 4) is 16.8 Å². The molecule has 3 fully saturated rings. The van der Waals surface area contributed by atoms with Gasteiger partial charge in [0.05, 0.1) is 16.8 Å². The Morgan fingerprint density at radius 3 is 2.77 bits per heavy atom. The maximum Gasteiger partial charge on any atom is 0.288 e. The molecule has 1 unspecified atom stereocenters. The van der Waals surface area contributed by atoms with E-state index in [1.807, 2.05) is 46.3 Å². The van der Waals surface area contributed by atoms with Gasteiger partial charge in [-0.15, -0.1) is 11.3 Å². The summed E-state index contributed by atoms with van der Waals surface area (Å²) < 4.78 is 17.6. The Morgan fingerprint density at radius 2 is 2.00 bits per heavy atom. The largest absolute Gasteiger partial charge is 0.371 e. The van der Waals surface area contributed by atoms with Crippen LogP contribution >= 0.6 is 11.3 Å². The fourth-order valence-electron chi connectivity index (χ4n) is 6.95. The van der Waals surface area contributed by atoms with Crippen LogP contribution in [0.25, 0.3) is 16.9 Å². The van der Waals surface area contributed by atoms with Crippen LogP contribution < -0.4 is 10.2 Å². The molecule has 1 spiro atoms. The van der Waals surface area contributed by atoms with E-state index in [4.69, 9.17) is 4.98 Å². The topological polar surface area (TPSA) is 70.0 Å². The van der Waals surface area contributed by atoms with Gasteiger partial charge in [0.15, 0.2) is 0 Å². The lowest BCUT2D eigenvalue weighted by atomic mass is 9.96. The lowest BCUT2D eigenvalue weighted by Gasteiger charge is -2.36. The summed E-state index contributed by atoms with van der Waals surface area (Å²) in [7, 11) is 1.94. The molecule has 1 aromatic carbocycles. The maximum atomic E-state index is 15.6. The smallest absolute Gasteiger partial charge is 0.288 e. The molecule has 0 bridgehead atoms. The first-order valence-electron chi connectivity index (χ1n) is 15.1. The van der Waals surface area contributed by atoms with Crippen LogP contribution in [0.1, 0.15) is 64.4 Å². The number of hydrogen-bond acceptors (Lipinski definition) is 5. The number of benzene rings is 1. The van der Waals surface area contributed by atoms with Crippen LogP contribution in [0.4, 0.5) is 10.1 Å². The summed E-state index contributed by atoms with van der Waals surface area (Å²) >= 11 is 1.81. The first-order valence-corrected chi connectivity index (χ1v) is 17.1. The van der Waals surface area contributed by atoms with E-state index in [0.29, 0.717) is 37.2 Å². The van der Waals surface area contributed by atoms with Crippen molar-refractivity contribution in [2.75, 3.05) is 31.6 Å². The van der Waals surface area contributed by atoms with Crippen molar-refractivity contribution in [1.82, 2.24) is 19.6 Å². The van der Waals surface area contributed by atoms with Gasteiger partial charge in [0.1, 0.15) is 11.5 Å². The van der Waals surface area contributed by atoms with E-state index in [2.05, 4.69) is 32.1 Å². The van der Waals surface area contributed by atoms with Gasteiger partial charge in [0.25, 0.3) is 11.8 Å². The van der Waals surface area contributed by atoms with Gasteiger partial charge < -0.3 is 19.5 Å². The van der Waals surface area contributed by atoms with Gasteiger partial charge in [0.2, 0.25) is 0 Å². The van der Waals surface area contributed by atoms with Gasteiger partial charge in [-0.3, -0.25) is 9.59 Å². The minimum Gasteiger partial charge on any atom is -0.371 e. The summed E-state index contributed by atoms with van der Waals surface area (Å²) in [5.74, 6) is -0.00974. The average Bonchev–Trinajstić information content (AvgIpc) is 3.84. The van der Waals surface area contributed by atoms with E-state index in [1.54, 1.807) is 13.1 Å². The molecule has 2 amide bonds. The number of anilines is 1. The van der Waals surface area contributed by atoms with Crippen molar-refractivity contribution in [2.24, 2.45) is 0 Å². The molecule has 2 aliphatic carbocycles. The summed E-state index contributed by atoms with van der Waals surface area (Å²) in [6.45, 7) is 2.36. The second-order valence-corrected chi connectivity index (χ2v) is 14.6. The van der Waals surface area contributed by atoms with Crippen molar-refractivity contribution in [3.05, 3.63) is 75.5 Å². The van der Waals surface area contributed by atoms with E-state index in [0.717, 1.165) is 75.1 Å². The summed E-state index contributed by atoms with van der Waals surface area (Å²) in [6.07, 6.45) is 9.84. The van der Waals surface area contributed by atoms with Crippen LogP contribution in [0.2, 0.25) is 5.54 Å². The Hall–Kier alpha value is -3.72. The Bertz CT molecular complexity index is 1860. The number of nitrogens with one attached hydrogen (secondary N) is 1. The average molecular weight is 610 g/mol. The first kappa shape index (κ1) is 26.9. The zero-order valence-corrected chi connectivity index (χ0v) is 25.8. The standard InChI is InChI=1S/C33H32FN5O2SSi/c1-35-30(40)19-43-23-6-11-37(17-23)22-4-5-24(27(34)15-22)28-18-38-16-21(14-25(20-2-3-20)31(38)36-28)32(41)39-12-7-29-26(8-13-42-29)33(39)9-10-33/h4-5,8,13-16,18,20,23H,2-3,6-7,9-12,17H2,1H3,(H,35,40). The Balaban J connectivity index is 1.08. The van der Waals surface area contributed by atoms with Crippen LogP contribution in [0.3, 0.4) is 0 Å². The van der Waals surface area contributed by atoms with E-state index in [9.17, 15) is 9.59 Å². The fraction of sp³-hybridized carbons (Fsp3) is 0.394. The third-order valence-corrected chi connectivity index (χ3v) is 11.8. The normalized spacial score (nSPS) is 20.2. The molecular formula is C33H32FN5O2SSi. The van der Waals surface area contributed by atoms with Crippen molar-refractivity contribution < 1.29 is 14.0 Å². The van der Waals surface area contributed by atoms with Crippen molar-refractivity contribution in [2.45, 2.75) is 55.5 Å². The molecule has 1 N–H and O–H groups in total. The number of amides is 2. The third kappa shape index (κ3) is 4.63. The number of fused-ring (bicyclic) bond motifs is 3. The van der Waals surface area contributed by atoms with E-state index < -0.39 is 0 Å². The third-order valence-electron chi connectivity index (χ3n) is 9.54. The number of hydrogen-bond donors (Lipinski definition) is 1. The van der Waals surface area contributed by atoms with Gasteiger partial charge in [-0.05, 0) is 96.8 Å². The van der Waals surface area contributed by atoms with Gasteiger partial charge in [-0.25, -0.2) is 9.37 Å². The predicted octanol–water partition coefficient (Wildman–Crippen LogP) is 5.17. The second kappa shape index (κ2) is 10.2. The molecule has 0 radical (unpaired) electrons. The number of rotatable bonds is 4. The van der Waals surface area contributed by atoms with E-state index in [1.165, 1.54) is 10.4 Å². The van der Waals surface area contributed by atoms with Gasteiger partial charge >= 0.3 is 0 Å². The Labute approximate surface area is 255 Å². The lowest BCUT2D eigenvalue weighted by molar-refractivity contribution is -0.115. The van der Waals surface area contributed by atoms with E-state index >= 15 is 4.39 Å². The zero-order chi connectivity index (χ0) is 29.3. The highest BCUT2D eigenvalue weighted by atomic mass is 32.1. The van der Waals surface area contributed by atoms with Gasteiger partial charge in [-0.2, -0.15) is 0 Å². The molecule has 7 nitrogen and oxygen atoms in total. The molecule has 5 heterocycles. The minimum atomic E-state index is -0.310. The monoisotopic (exact) mass is 609 g/mol. The fourth-order valence-corrected chi connectivity index (χ4v) is 8.96. The van der Waals surface area contributed by atoms with E-state index in [-0.39, 0.29) is 23.2 Å². The Morgan fingerprint density at radius 1 is 1.14 bits per heavy atom. The van der Waals surface area contributed by atoms with Crippen molar-refractivity contribution in [3.63, 3.8) is 0 Å². The highest BCUT2D eigenvalue weighted by Gasteiger charge is 2.54. The number of imidazole rings is 1. The van der Waals surface area contributed by atoms with Crippen LogP contribution in [-0.2, 0) is 16.8 Å². The molecule has 4 aromatic rings. The number of thiophene rings is 1. The second-order valence-electron chi connectivity index (χ2n) is 12.3. The SMILES string of the molecule is CNC(=O)C#[Si]C1CCN(c2ccc(-c3cn4cc(C(=O)N5CCc6sccc6C56CC6)cc(C5CC5)c4n3)c(F)c2)C1. The molecule has 218 valence electrons. The molecule has 43 heavy (non-hydrogen) atoms. The summed E-state index contributed by atoms with van der Waals surface area (Å²) in [4.78, 5) is 36.2. The van der Waals surface area contributed by atoms with Gasteiger partial charge in [-0.1, -0.05) is 0 Å². The molecule has 1 saturated heterocycles. The van der Waals surface area contributed by atoms with Crippen molar-refractivity contribution in [1.29, 1.82) is 0 Å². The highest BCUT2D eigenvalue weighted by Crippen LogP contribution is 2.55. The molecule has 8 rings (SSSR count). The molecule has 3 aromatic heterocycles.